The summed E-state index contributed by atoms with van der Waals surface area (Å²) in [5, 5.41) is 0.898. The molecule has 0 aromatic carbocycles. The van der Waals surface area contributed by atoms with E-state index in [2.05, 4.69) is 27.7 Å². The van der Waals surface area contributed by atoms with Crippen molar-refractivity contribution in [1.82, 2.24) is 0 Å². The van der Waals surface area contributed by atoms with E-state index in [0.29, 0.717) is 10.1 Å². The van der Waals surface area contributed by atoms with E-state index in [4.69, 9.17) is 8.85 Å². The molecule has 0 spiro atoms. The van der Waals surface area contributed by atoms with E-state index in [1.165, 1.54) is 24.3 Å². The molecule has 0 atom stereocenters. The Kier molecular flexibility index (Phi) is 10.5. The average Bonchev–Trinajstić information content (AvgIpc) is 2.22. The van der Waals surface area contributed by atoms with Gasteiger partial charge in [-0.15, -0.1) is 0 Å². The normalized spacial score (nSPS) is 14.3. The highest BCUT2D eigenvalue weighted by molar-refractivity contribution is 8.76. The zero-order valence-electron chi connectivity index (χ0n) is 12.9. The fraction of sp³-hybridized carbons (Fsp3) is 1.00. The number of hydrogen-bond donors (Lipinski definition) is 0. The van der Waals surface area contributed by atoms with E-state index in [-0.39, 0.29) is 19.5 Å². The van der Waals surface area contributed by atoms with Crippen LogP contribution in [0.1, 0.15) is 40.5 Å². The zero-order chi connectivity index (χ0) is 14.1. The number of hydrogen-bond acceptors (Lipinski definition) is 4. The van der Waals surface area contributed by atoms with Crippen LogP contribution >= 0.6 is 21.6 Å². The molecule has 0 aromatic heterocycles. The van der Waals surface area contributed by atoms with Crippen molar-refractivity contribution in [2.45, 2.75) is 50.6 Å². The van der Waals surface area contributed by atoms with Gasteiger partial charge in [0.05, 0.1) is 0 Å². The Labute approximate surface area is 126 Å². The summed E-state index contributed by atoms with van der Waals surface area (Å²) in [5.41, 5.74) is 0. The minimum absolute atomic E-state index is 0.353. The van der Waals surface area contributed by atoms with Crippen molar-refractivity contribution in [3.63, 3.8) is 0 Å². The molecule has 0 fully saturated rings. The van der Waals surface area contributed by atoms with Gasteiger partial charge in [0, 0.05) is 25.7 Å². The Morgan fingerprint density at radius 2 is 1.11 bits per heavy atom. The molecule has 0 aliphatic carbocycles. The third-order valence-corrected chi connectivity index (χ3v) is 8.13. The lowest BCUT2D eigenvalue weighted by Crippen LogP contribution is -2.16. The van der Waals surface area contributed by atoms with Crippen LogP contribution in [0.2, 0.25) is 10.1 Å². The van der Waals surface area contributed by atoms with Crippen LogP contribution in [0.25, 0.3) is 0 Å². The summed E-state index contributed by atoms with van der Waals surface area (Å²) in [7, 11) is 7.03. The average molecular weight is 327 g/mol. The van der Waals surface area contributed by atoms with Crippen molar-refractivity contribution in [3.05, 3.63) is 0 Å². The van der Waals surface area contributed by atoms with Crippen LogP contribution < -0.4 is 0 Å². The standard InChI is InChI=1S/C12H30O2S2Si2/c1-11(2,17-13-5)7-9-15-16-10-8-12(3,4)18-14-6/h7-10,17-18H2,1-6H3. The van der Waals surface area contributed by atoms with Gasteiger partial charge in [-0.25, -0.2) is 0 Å². The van der Waals surface area contributed by atoms with Crippen molar-refractivity contribution in [2.75, 3.05) is 25.7 Å². The second kappa shape index (κ2) is 9.88. The molecule has 0 aliphatic rings. The Morgan fingerprint density at radius 3 is 1.39 bits per heavy atom. The van der Waals surface area contributed by atoms with E-state index in [1.807, 2.05) is 35.8 Å². The molecule has 0 saturated heterocycles. The lowest BCUT2D eigenvalue weighted by Gasteiger charge is -2.23. The zero-order valence-corrected chi connectivity index (χ0v) is 17.3. The maximum absolute atomic E-state index is 5.37. The van der Waals surface area contributed by atoms with Crippen LogP contribution in [0.4, 0.5) is 0 Å². The van der Waals surface area contributed by atoms with Gasteiger partial charge >= 0.3 is 0 Å². The van der Waals surface area contributed by atoms with Crippen LogP contribution in [0.15, 0.2) is 0 Å². The fourth-order valence-corrected chi connectivity index (χ4v) is 7.11. The molecule has 0 N–H and O–H groups in total. The molecule has 18 heavy (non-hydrogen) atoms. The van der Waals surface area contributed by atoms with Crippen LogP contribution in [0.3, 0.4) is 0 Å². The molecule has 0 heterocycles. The maximum Gasteiger partial charge on any atom is 0.166 e. The highest BCUT2D eigenvalue weighted by Crippen LogP contribution is 2.35. The molecule has 0 aromatic rings. The van der Waals surface area contributed by atoms with E-state index >= 15 is 0 Å². The summed E-state index contributed by atoms with van der Waals surface area (Å²) in [6.45, 7) is 9.34. The summed E-state index contributed by atoms with van der Waals surface area (Å²) in [4.78, 5) is 0. The van der Waals surface area contributed by atoms with Crippen molar-refractivity contribution in [1.29, 1.82) is 0 Å². The van der Waals surface area contributed by atoms with Gasteiger partial charge in [-0.2, -0.15) is 0 Å². The van der Waals surface area contributed by atoms with Crippen molar-refractivity contribution >= 4 is 41.1 Å². The summed E-state index contributed by atoms with van der Waals surface area (Å²) in [6, 6.07) is 0. The smallest absolute Gasteiger partial charge is 0.166 e. The third kappa shape index (κ3) is 10.9. The molecule has 0 aliphatic heterocycles. The van der Waals surface area contributed by atoms with E-state index in [9.17, 15) is 0 Å². The number of rotatable bonds is 11. The van der Waals surface area contributed by atoms with Crippen molar-refractivity contribution < 1.29 is 8.85 Å². The molecule has 0 rings (SSSR count). The lowest BCUT2D eigenvalue weighted by atomic mass is 10.1. The predicted molar refractivity (Wildman–Crippen MR) is 93.3 cm³/mol. The first-order valence-electron chi connectivity index (χ1n) is 6.55. The highest BCUT2D eigenvalue weighted by atomic mass is 33.1. The fourth-order valence-electron chi connectivity index (χ4n) is 1.68. The van der Waals surface area contributed by atoms with Gasteiger partial charge in [0.15, 0.2) is 19.5 Å². The van der Waals surface area contributed by atoms with E-state index in [1.54, 1.807) is 0 Å². The Hall–Kier alpha value is 1.05. The predicted octanol–water partition coefficient (Wildman–Crippen LogP) is 3.01. The summed E-state index contributed by atoms with van der Waals surface area (Å²) in [5.74, 6) is 2.49. The monoisotopic (exact) mass is 326 g/mol. The first-order chi connectivity index (χ1) is 8.33. The largest absolute Gasteiger partial charge is 0.427 e. The summed E-state index contributed by atoms with van der Waals surface area (Å²) < 4.78 is 10.7. The van der Waals surface area contributed by atoms with Crippen LogP contribution in [0, 0.1) is 0 Å². The topological polar surface area (TPSA) is 18.5 Å². The Bertz CT molecular complexity index is 192. The van der Waals surface area contributed by atoms with E-state index < -0.39 is 0 Å². The van der Waals surface area contributed by atoms with Crippen molar-refractivity contribution in [2.24, 2.45) is 0 Å². The van der Waals surface area contributed by atoms with Crippen LogP contribution in [0.5, 0.6) is 0 Å². The van der Waals surface area contributed by atoms with Crippen molar-refractivity contribution in [3.8, 4) is 0 Å². The van der Waals surface area contributed by atoms with Gasteiger partial charge in [0.1, 0.15) is 0 Å². The minimum atomic E-state index is -0.353. The van der Waals surface area contributed by atoms with Crippen LogP contribution in [-0.4, -0.2) is 45.3 Å². The molecule has 0 amide bonds. The Morgan fingerprint density at radius 1 is 0.778 bits per heavy atom. The third-order valence-electron chi connectivity index (χ3n) is 2.88. The maximum atomic E-state index is 5.37. The van der Waals surface area contributed by atoms with Gasteiger partial charge in [-0.05, 0) is 22.9 Å². The second-order valence-corrected chi connectivity index (χ2v) is 14.6. The SMILES string of the molecule is CO[SiH2]C(C)(C)CCSSCCC(C)(C)[SiH2]OC. The van der Waals surface area contributed by atoms with Crippen LogP contribution in [-0.2, 0) is 8.85 Å². The highest BCUT2D eigenvalue weighted by Gasteiger charge is 2.19. The van der Waals surface area contributed by atoms with Gasteiger partial charge in [0.2, 0.25) is 0 Å². The van der Waals surface area contributed by atoms with E-state index in [0.717, 1.165) is 0 Å². The lowest BCUT2D eigenvalue weighted by molar-refractivity contribution is 0.407. The summed E-state index contributed by atoms with van der Waals surface area (Å²) in [6.07, 6.45) is 2.56. The van der Waals surface area contributed by atoms with Gasteiger partial charge in [-0.1, -0.05) is 49.3 Å². The quantitative estimate of drug-likeness (QED) is 0.330. The molecule has 6 heteroatoms. The molecular formula is C12H30O2S2Si2. The van der Waals surface area contributed by atoms with Gasteiger partial charge in [-0.3, -0.25) is 0 Å². The first-order valence-corrected chi connectivity index (χ1v) is 11.6. The molecular weight excluding hydrogens is 296 g/mol. The molecule has 2 nitrogen and oxygen atoms in total. The molecule has 0 bridgehead atoms. The van der Waals surface area contributed by atoms with Gasteiger partial charge < -0.3 is 8.85 Å². The summed E-state index contributed by atoms with van der Waals surface area (Å²) >= 11 is 0. The molecule has 0 radical (unpaired) electrons. The minimum Gasteiger partial charge on any atom is -0.427 e. The first kappa shape index (κ1) is 19.1. The second-order valence-electron chi connectivity index (χ2n) is 6.34. The molecule has 0 unspecified atom stereocenters. The molecule has 0 saturated carbocycles. The Balaban J connectivity index is 3.52. The molecule has 110 valence electrons. The van der Waals surface area contributed by atoms with Gasteiger partial charge in [0.25, 0.3) is 0 Å².